The molecule has 72 valence electrons. The highest BCUT2D eigenvalue weighted by molar-refractivity contribution is 5.49. The fourth-order valence-corrected chi connectivity index (χ4v) is 1.86. The van der Waals surface area contributed by atoms with Crippen molar-refractivity contribution in [1.29, 1.82) is 0 Å². The van der Waals surface area contributed by atoms with Gasteiger partial charge in [0.15, 0.2) is 0 Å². The van der Waals surface area contributed by atoms with Crippen molar-refractivity contribution in [3.8, 4) is 0 Å². The molecule has 0 aromatic rings. The largest absolute Gasteiger partial charge is 0.303 e. The van der Waals surface area contributed by atoms with Crippen LogP contribution in [0.4, 0.5) is 0 Å². The van der Waals surface area contributed by atoms with Gasteiger partial charge in [-0.05, 0) is 38.5 Å². The average Bonchev–Trinajstić information content (AvgIpc) is 2.15. The third kappa shape index (κ3) is 3.17. The minimum Gasteiger partial charge on any atom is -0.303 e. The van der Waals surface area contributed by atoms with E-state index in [9.17, 15) is 4.79 Å². The summed E-state index contributed by atoms with van der Waals surface area (Å²) in [5, 5.41) is 0. The second-order valence-corrected chi connectivity index (χ2v) is 3.89. The van der Waals surface area contributed by atoms with Crippen molar-refractivity contribution in [2.45, 2.75) is 39.0 Å². The van der Waals surface area contributed by atoms with E-state index in [2.05, 4.69) is 19.6 Å². The van der Waals surface area contributed by atoms with Crippen LogP contribution in [0.25, 0.3) is 0 Å². The Labute approximate surface area is 80.5 Å². The van der Waals surface area contributed by atoms with E-state index >= 15 is 0 Å². The highest BCUT2D eigenvalue weighted by Gasteiger charge is 2.15. The van der Waals surface area contributed by atoms with Crippen molar-refractivity contribution < 1.29 is 4.79 Å². The number of hydrogen-bond acceptors (Lipinski definition) is 1. The van der Waals surface area contributed by atoms with Crippen LogP contribution < -0.4 is 0 Å². The lowest BCUT2D eigenvalue weighted by molar-refractivity contribution is -0.107. The van der Waals surface area contributed by atoms with Crippen LogP contribution in [0.1, 0.15) is 39.0 Å². The lowest BCUT2D eigenvalue weighted by Crippen LogP contribution is -2.07. The molecule has 0 saturated carbocycles. The van der Waals surface area contributed by atoms with Gasteiger partial charge < -0.3 is 4.79 Å². The molecule has 0 spiro atoms. The number of hydrogen-bond donors (Lipinski definition) is 0. The summed E-state index contributed by atoms with van der Waals surface area (Å²) < 4.78 is 0. The van der Waals surface area contributed by atoms with Crippen LogP contribution in [-0.2, 0) is 4.79 Å². The zero-order valence-corrected chi connectivity index (χ0v) is 8.38. The number of aldehydes is 1. The van der Waals surface area contributed by atoms with Gasteiger partial charge in [0.2, 0.25) is 0 Å². The number of rotatable bonds is 4. The Morgan fingerprint density at radius 2 is 2.54 bits per heavy atom. The van der Waals surface area contributed by atoms with E-state index in [0.717, 1.165) is 25.5 Å². The Balaban J connectivity index is 2.44. The second kappa shape index (κ2) is 5.00. The summed E-state index contributed by atoms with van der Waals surface area (Å²) in [7, 11) is 0. The summed E-state index contributed by atoms with van der Waals surface area (Å²) in [5.41, 5.74) is 2.74. The molecular formula is C12H18O. The van der Waals surface area contributed by atoms with Gasteiger partial charge in [-0.15, -0.1) is 0 Å². The van der Waals surface area contributed by atoms with Gasteiger partial charge in [0.05, 0.1) is 0 Å². The van der Waals surface area contributed by atoms with E-state index in [0.29, 0.717) is 12.3 Å². The predicted octanol–water partition coefficient (Wildman–Crippen LogP) is 3.27. The van der Waals surface area contributed by atoms with Crippen LogP contribution in [0.15, 0.2) is 23.8 Å². The molecule has 1 unspecified atom stereocenters. The van der Waals surface area contributed by atoms with E-state index in [1.54, 1.807) is 0 Å². The quantitative estimate of drug-likeness (QED) is 0.477. The first-order chi connectivity index (χ1) is 6.24. The molecule has 0 amide bonds. The zero-order valence-electron chi connectivity index (χ0n) is 8.38. The Kier molecular flexibility index (Phi) is 3.94. The molecule has 1 rings (SSSR count). The van der Waals surface area contributed by atoms with Crippen LogP contribution in [0.3, 0.4) is 0 Å². The Hall–Kier alpha value is -0.850. The number of carbonyl (C=O) groups excluding carboxylic acids is 1. The molecule has 0 N–H and O–H groups in total. The normalized spacial score (nSPS) is 22.2. The van der Waals surface area contributed by atoms with Gasteiger partial charge in [0, 0.05) is 6.42 Å². The van der Waals surface area contributed by atoms with E-state index in [1.165, 1.54) is 17.6 Å². The summed E-state index contributed by atoms with van der Waals surface area (Å²) in [4.78, 5) is 10.2. The van der Waals surface area contributed by atoms with E-state index in [-0.39, 0.29) is 0 Å². The van der Waals surface area contributed by atoms with E-state index in [1.807, 2.05) is 0 Å². The monoisotopic (exact) mass is 178 g/mol. The third-order valence-corrected chi connectivity index (χ3v) is 2.74. The molecule has 0 aliphatic heterocycles. The van der Waals surface area contributed by atoms with Crippen LogP contribution in [0, 0.1) is 5.92 Å². The van der Waals surface area contributed by atoms with Crippen LogP contribution >= 0.6 is 0 Å². The highest BCUT2D eigenvalue weighted by atomic mass is 16.1. The molecule has 1 aliphatic rings. The lowest BCUT2D eigenvalue weighted by atomic mass is 9.83. The minimum absolute atomic E-state index is 0.659. The predicted molar refractivity (Wildman–Crippen MR) is 55.5 cm³/mol. The van der Waals surface area contributed by atoms with Gasteiger partial charge in [0.1, 0.15) is 6.29 Å². The molecule has 0 aromatic heterocycles. The van der Waals surface area contributed by atoms with Gasteiger partial charge >= 0.3 is 0 Å². The lowest BCUT2D eigenvalue weighted by Gasteiger charge is -2.22. The Bertz CT molecular complexity index is 225. The van der Waals surface area contributed by atoms with Gasteiger partial charge in [-0.1, -0.05) is 23.8 Å². The summed E-state index contributed by atoms with van der Waals surface area (Å²) in [6.45, 7) is 6.10. The second-order valence-electron chi connectivity index (χ2n) is 3.89. The third-order valence-electron chi connectivity index (χ3n) is 2.74. The summed E-state index contributed by atoms with van der Waals surface area (Å²) >= 11 is 0. The first kappa shape index (κ1) is 10.2. The van der Waals surface area contributed by atoms with Crippen molar-refractivity contribution in [2.24, 2.45) is 5.92 Å². The zero-order chi connectivity index (χ0) is 9.68. The summed E-state index contributed by atoms with van der Waals surface area (Å²) in [5.74, 6) is 0.659. The van der Waals surface area contributed by atoms with Crippen molar-refractivity contribution in [3.63, 3.8) is 0 Å². The fourth-order valence-electron chi connectivity index (χ4n) is 1.86. The molecule has 1 nitrogen and oxygen atoms in total. The van der Waals surface area contributed by atoms with E-state index in [4.69, 9.17) is 0 Å². The molecular weight excluding hydrogens is 160 g/mol. The van der Waals surface area contributed by atoms with Crippen molar-refractivity contribution in [2.75, 3.05) is 0 Å². The number of allylic oxidation sites excluding steroid dienone is 3. The molecule has 1 atom stereocenters. The standard InChI is InChI=1S/C12H18O/c1-10(2)12-7-3-5-11(9-12)6-4-8-13/h5,8,12H,1,3-4,6-7,9H2,2H3. The number of carbonyl (C=O) groups is 1. The highest BCUT2D eigenvalue weighted by Crippen LogP contribution is 2.30. The van der Waals surface area contributed by atoms with Crippen LogP contribution in [-0.4, -0.2) is 6.29 Å². The summed E-state index contributed by atoms with van der Waals surface area (Å²) in [6, 6.07) is 0. The maximum absolute atomic E-state index is 10.2. The molecule has 0 heterocycles. The molecule has 0 bridgehead atoms. The molecule has 1 heteroatoms. The van der Waals surface area contributed by atoms with Crippen molar-refractivity contribution in [3.05, 3.63) is 23.8 Å². The van der Waals surface area contributed by atoms with Gasteiger partial charge in [-0.2, -0.15) is 0 Å². The van der Waals surface area contributed by atoms with Crippen LogP contribution in [0.5, 0.6) is 0 Å². The molecule has 0 saturated heterocycles. The maximum Gasteiger partial charge on any atom is 0.120 e. The van der Waals surface area contributed by atoms with Gasteiger partial charge in [-0.3, -0.25) is 0 Å². The minimum atomic E-state index is 0.659. The topological polar surface area (TPSA) is 17.1 Å². The maximum atomic E-state index is 10.2. The van der Waals surface area contributed by atoms with Crippen molar-refractivity contribution >= 4 is 6.29 Å². The average molecular weight is 178 g/mol. The first-order valence-electron chi connectivity index (χ1n) is 5.01. The SMILES string of the molecule is C=C(C)C1CCC=C(CCC=O)C1. The van der Waals surface area contributed by atoms with Crippen molar-refractivity contribution in [1.82, 2.24) is 0 Å². The van der Waals surface area contributed by atoms with Gasteiger partial charge in [-0.25, -0.2) is 0 Å². The van der Waals surface area contributed by atoms with E-state index < -0.39 is 0 Å². The Morgan fingerprint density at radius 3 is 3.15 bits per heavy atom. The summed E-state index contributed by atoms with van der Waals surface area (Å²) in [6.07, 6.45) is 8.45. The smallest absolute Gasteiger partial charge is 0.120 e. The molecule has 13 heavy (non-hydrogen) atoms. The molecule has 0 radical (unpaired) electrons. The first-order valence-corrected chi connectivity index (χ1v) is 5.01. The Morgan fingerprint density at radius 1 is 1.77 bits per heavy atom. The van der Waals surface area contributed by atoms with Gasteiger partial charge in [0.25, 0.3) is 0 Å². The fraction of sp³-hybridized carbons (Fsp3) is 0.583. The molecule has 1 aliphatic carbocycles. The van der Waals surface area contributed by atoms with Crippen LogP contribution in [0.2, 0.25) is 0 Å². The molecule has 0 aromatic carbocycles. The molecule has 0 fully saturated rings.